The highest BCUT2D eigenvalue weighted by molar-refractivity contribution is 5.65. The number of amides is 1. The van der Waals surface area contributed by atoms with E-state index in [2.05, 4.69) is 22.7 Å². The largest absolute Gasteiger partial charge is 0.493 e. The van der Waals surface area contributed by atoms with Crippen LogP contribution in [0.25, 0.3) is 0 Å². The van der Waals surface area contributed by atoms with Crippen LogP contribution in [0.1, 0.15) is 12.0 Å². The molecule has 0 heterocycles. The van der Waals surface area contributed by atoms with Crippen LogP contribution < -0.4 is 20.5 Å². The zero-order chi connectivity index (χ0) is 19.5. The molecule has 0 aliphatic rings. The average molecular weight is 367 g/mol. The lowest BCUT2D eigenvalue weighted by atomic mass is 10.2. The van der Waals surface area contributed by atoms with Crippen molar-refractivity contribution in [3.63, 3.8) is 0 Å². The predicted molar refractivity (Wildman–Crippen MR) is 102 cm³/mol. The smallest absolute Gasteiger partial charge is 0.404 e. The van der Waals surface area contributed by atoms with Gasteiger partial charge in [-0.25, -0.2) is 4.79 Å². The highest BCUT2D eigenvalue weighted by Crippen LogP contribution is 2.25. The van der Waals surface area contributed by atoms with Crippen LogP contribution in [0, 0.1) is 11.3 Å². The number of carbonyl (C=O) groups is 1. The zero-order valence-corrected chi connectivity index (χ0v) is 14.8. The maximum atomic E-state index is 10.5. The Morgan fingerprint density at radius 3 is 2.56 bits per heavy atom. The third-order valence-corrected chi connectivity index (χ3v) is 3.35. The van der Waals surface area contributed by atoms with Crippen LogP contribution >= 0.6 is 0 Å². The molecule has 0 unspecified atom stereocenters. The van der Waals surface area contributed by atoms with Gasteiger partial charge in [-0.15, -0.1) is 0 Å². The minimum Gasteiger partial charge on any atom is -0.493 e. The van der Waals surface area contributed by atoms with Crippen molar-refractivity contribution in [3.8, 4) is 17.6 Å². The lowest BCUT2D eigenvalue weighted by molar-refractivity contribution is 0.147. The summed E-state index contributed by atoms with van der Waals surface area (Å²) in [5.74, 6) is 1.29. The topological polar surface area (TPSA) is 107 Å². The molecule has 0 bridgehead atoms. The van der Waals surface area contributed by atoms with Gasteiger partial charge in [0.15, 0.2) is 0 Å². The molecule has 2 rings (SSSR count). The first kappa shape index (κ1) is 19.7. The van der Waals surface area contributed by atoms with Gasteiger partial charge in [-0.2, -0.15) is 5.26 Å². The Morgan fingerprint density at radius 2 is 1.89 bits per heavy atom. The number of rotatable bonds is 10. The van der Waals surface area contributed by atoms with E-state index in [0.717, 1.165) is 17.1 Å². The molecule has 140 valence electrons. The van der Waals surface area contributed by atoms with E-state index in [4.69, 9.17) is 15.2 Å². The molecule has 0 fully saturated rings. The lowest BCUT2D eigenvalue weighted by Gasteiger charge is -2.11. The van der Waals surface area contributed by atoms with E-state index in [1.807, 2.05) is 24.3 Å². The Kier molecular flexibility index (Phi) is 7.54. The summed E-state index contributed by atoms with van der Waals surface area (Å²) in [7, 11) is 0. The molecule has 0 saturated heterocycles. The molecule has 7 heteroatoms. The van der Waals surface area contributed by atoms with Gasteiger partial charge in [0.1, 0.15) is 18.1 Å². The van der Waals surface area contributed by atoms with Crippen molar-refractivity contribution in [1.82, 2.24) is 0 Å². The average Bonchev–Trinajstić information content (AvgIpc) is 2.66. The van der Waals surface area contributed by atoms with Crippen molar-refractivity contribution in [1.29, 1.82) is 5.26 Å². The van der Waals surface area contributed by atoms with E-state index in [1.54, 1.807) is 24.3 Å². The van der Waals surface area contributed by atoms with E-state index < -0.39 is 6.09 Å². The van der Waals surface area contributed by atoms with Gasteiger partial charge in [0.2, 0.25) is 0 Å². The number of hydrogen-bond donors (Lipinski definition) is 2. The summed E-state index contributed by atoms with van der Waals surface area (Å²) < 4.78 is 15.7. The summed E-state index contributed by atoms with van der Waals surface area (Å²) in [6, 6.07) is 14.7. The fourth-order valence-electron chi connectivity index (χ4n) is 2.20. The Bertz CT molecular complexity index is 813. The number of ether oxygens (including phenoxy) is 3. The zero-order valence-electron chi connectivity index (χ0n) is 14.8. The van der Waals surface area contributed by atoms with Gasteiger partial charge in [0.05, 0.1) is 24.8 Å². The summed E-state index contributed by atoms with van der Waals surface area (Å²) in [4.78, 5) is 10.5. The molecule has 0 radical (unpaired) electrons. The van der Waals surface area contributed by atoms with Crippen LogP contribution in [0.2, 0.25) is 0 Å². The molecule has 0 aromatic heterocycles. The van der Waals surface area contributed by atoms with E-state index in [9.17, 15) is 10.1 Å². The number of hydrogen-bond acceptors (Lipinski definition) is 6. The van der Waals surface area contributed by atoms with E-state index in [0.29, 0.717) is 30.9 Å². The van der Waals surface area contributed by atoms with Crippen molar-refractivity contribution < 1.29 is 19.0 Å². The monoisotopic (exact) mass is 367 g/mol. The second-order valence-corrected chi connectivity index (χ2v) is 5.48. The fourth-order valence-corrected chi connectivity index (χ4v) is 2.20. The van der Waals surface area contributed by atoms with Crippen LogP contribution in [0.15, 0.2) is 55.1 Å². The van der Waals surface area contributed by atoms with Crippen LogP contribution in [0.5, 0.6) is 11.5 Å². The maximum absolute atomic E-state index is 10.5. The molecule has 0 saturated carbocycles. The number of nitriles is 1. The van der Waals surface area contributed by atoms with Gasteiger partial charge in [-0.3, -0.25) is 0 Å². The molecule has 0 atom stereocenters. The predicted octanol–water partition coefficient (Wildman–Crippen LogP) is 3.73. The molecule has 0 aliphatic heterocycles. The maximum Gasteiger partial charge on any atom is 0.404 e. The number of nitrogens with two attached hydrogens (primary N) is 1. The molecule has 1 amide bonds. The van der Waals surface area contributed by atoms with E-state index >= 15 is 0 Å². The summed E-state index contributed by atoms with van der Waals surface area (Å²) in [6.07, 6.45) is 1.37. The number of anilines is 2. The Hall–Kier alpha value is -3.66. The molecule has 2 aromatic rings. The number of nitrogens with zero attached hydrogens (tertiary/aromatic N) is 1. The standard InChI is InChI=1S/C20H21N3O4/c1-2-8-25-18-6-4-16(5-7-18)23-17-11-15(14-21)12-19(13-17)26-9-3-10-27-20(22)24/h2,4-7,11-13,23H,1,3,8-10H2,(H2,22,24). The summed E-state index contributed by atoms with van der Waals surface area (Å²) >= 11 is 0. The van der Waals surface area contributed by atoms with Gasteiger partial charge < -0.3 is 25.3 Å². The number of carbonyl (C=O) groups excluding carboxylic acids is 1. The van der Waals surface area contributed by atoms with E-state index in [1.165, 1.54) is 0 Å². The van der Waals surface area contributed by atoms with Crippen LogP contribution in [-0.4, -0.2) is 25.9 Å². The molecule has 0 aliphatic carbocycles. The minimum atomic E-state index is -0.811. The van der Waals surface area contributed by atoms with E-state index in [-0.39, 0.29) is 6.61 Å². The number of primary amides is 1. The molecule has 27 heavy (non-hydrogen) atoms. The fraction of sp³-hybridized carbons (Fsp3) is 0.200. The molecular weight excluding hydrogens is 346 g/mol. The molecule has 2 aromatic carbocycles. The minimum absolute atomic E-state index is 0.179. The second kappa shape index (κ2) is 10.4. The first-order valence-electron chi connectivity index (χ1n) is 8.31. The molecule has 3 N–H and O–H groups in total. The number of nitrogens with one attached hydrogen (secondary N) is 1. The van der Waals surface area contributed by atoms with Crippen LogP contribution in [-0.2, 0) is 4.74 Å². The molecule has 7 nitrogen and oxygen atoms in total. The van der Waals surface area contributed by atoms with Gasteiger partial charge in [-0.1, -0.05) is 12.7 Å². The SMILES string of the molecule is C=CCOc1ccc(Nc2cc(C#N)cc(OCCCOC(N)=O)c2)cc1. The normalized spacial score (nSPS) is 9.74. The highest BCUT2D eigenvalue weighted by Gasteiger charge is 2.04. The second-order valence-electron chi connectivity index (χ2n) is 5.48. The van der Waals surface area contributed by atoms with Crippen molar-refractivity contribution in [2.75, 3.05) is 25.1 Å². The molecular formula is C20H21N3O4. The molecule has 0 spiro atoms. The summed E-state index contributed by atoms with van der Waals surface area (Å²) in [5, 5.41) is 12.4. The first-order valence-corrected chi connectivity index (χ1v) is 8.31. The highest BCUT2D eigenvalue weighted by atomic mass is 16.5. The van der Waals surface area contributed by atoms with Crippen molar-refractivity contribution in [3.05, 3.63) is 60.7 Å². The van der Waals surface area contributed by atoms with Crippen molar-refractivity contribution in [2.45, 2.75) is 6.42 Å². The van der Waals surface area contributed by atoms with Crippen molar-refractivity contribution in [2.24, 2.45) is 5.73 Å². The third kappa shape index (κ3) is 7.00. The quantitative estimate of drug-likeness (QED) is 0.489. The Labute approximate surface area is 158 Å². The third-order valence-electron chi connectivity index (χ3n) is 3.35. The van der Waals surface area contributed by atoms with Gasteiger partial charge in [0.25, 0.3) is 0 Å². The van der Waals surface area contributed by atoms with Crippen molar-refractivity contribution >= 4 is 17.5 Å². The summed E-state index contributed by atoms with van der Waals surface area (Å²) in [5.41, 5.74) is 6.92. The van der Waals surface area contributed by atoms with Gasteiger partial charge in [-0.05, 0) is 36.4 Å². The van der Waals surface area contributed by atoms with Crippen LogP contribution in [0.4, 0.5) is 16.2 Å². The lowest BCUT2D eigenvalue weighted by Crippen LogP contribution is -2.15. The van der Waals surface area contributed by atoms with Gasteiger partial charge in [0, 0.05) is 23.9 Å². The number of benzene rings is 2. The van der Waals surface area contributed by atoms with Crippen LogP contribution in [0.3, 0.4) is 0 Å². The Morgan fingerprint density at radius 1 is 1.11 bits per heavy atom. The summed E-state index contributed by atoms with van der Waals surface area (Å²) in [6.45, 7) is 4.57. The van der Waals surface area contributed by atoms with Gasteiger partial charge >= 0.3 is 6.09 Å². The Balaban J connectivity index is 1.98. The first-order chi connectivity index (χ1) is 13.1.